The Bertz CT molecular complexity index is 497. The Labute approximate surface area is 112 Å². The van der Waals surface area contributed by atoms with E-state index >= 15 is 0 Å². The summed E-state index contributed by atoms with van der Waals surface area (Å²) in [5, 5.41) is 2.96. The van der Waals surface area contributed by atoms with E-state index in [0.717, 1.165) is 0 Å². The third kappa shape index (κ3) is 5.65. The summed E-state index contributed by atoms with van der Waals surface area (Å²) >= 11 is 0. The van der Waals surface area contributed by atoms with Crippen molar-refractivity contribution >= 4 is 9.84 Å². The SMILES string of the molecule is CNC(CCCS(C)(=O)=O)Cc1c(F)cccc1F. The van der Waals surface area contributed by atoms with Crippen molar-refractivity contribution in [1.82, 2.24) is 5.32 Å². The summed E-state index contributed by atoms with van der Waals surface area (Å²) in [6, 6.07) is 3.63. The quantitative estimate of drug-likeness (QED) is 0.835. The molecule has 0 aromatic heterocycles. The molecular formula is C13H19F2NO2S. The van der Waals surface area contributed by atoms with E-state index in [1.54, 1.807) is 7.05 Å². The van der Waals surface area contributed by atoms with Gasteiger partial charge >= 0.3 is 0 Å². The Morgan fingerprint density at radius 3 is 2.32 bits per heavy atom. The van der Waals surface area contributed by atoms with Crippen molar-refractivity contribution in [3.63, 3.8) is 0 Å². The van der Waals surface area contributed by atoms with Crippen LogP contribution in [0.15, 0.2) is 18.2 Å². The fourth-order valence-electron chi connectivity index (χ4n) is 1.91. The second-order valence-corrected chi connectivity index (χ2v) is 6.92. The van der Waals surface area contributed by atoms with Crippen LogP contribution in [0.4, 0.5) is 8.78 Å². The number of sulfone groups is 1. The van der Waals surface area contributed by atoms with Crippen LogP contribution >= 0.6 is 0 Å². The van der Waals surface area contributed by atoms with E-state index in [4.69, 9.17) is 0 Å². The molecule has 0 aliphatic heterocycles. The number of rotatable bonds is 7. The van der Waals surface area contributed by atoms with Crippen LogP contribution in [0, 0.1) is 11.6 Å². The highest BCUT2D eigenvalue weighted by atomic mass is 32.2. The largest absolute Gasteiger partial charge is 0.317 e. The second kappa shape index (κ2) is 6.96. The zero-order valence-electron chi connectivity index (χ0n) is 11.1. The lowest BCUT2D eigenvalue weighted by Crippen LogP contribution is -2.29. The maximum atomic E-state index is 13.5. The summed E-state index contributed by atoms with van der Waals surface area (Å²) in [6.45, 7) is 0. The average Bonchev–Trinajstić information content (AvgIpc) is 2.30. The molecule has 0 fully saturated rings. The zero-order valence-corrected chi connectivity index (χ0v) is 11.9. The molecular weight excluding hydrogens is 272 g/mol. The van der Waals surface area contributed by atoms with Gasteiger partial charge in [-0.1, -0.05) is 6.07 Å². The first kappa shape index (κ1) is 16.0. The molecule has 1 unspecified atom stereocenters. The van der Waals surface area contributed by atoms with Gasteiger partial charge in [-0.2, -0.15) is 0 Å². The van der Waals surface area contributed by atoms with E-state index in [1.807, 2.05) is 0 Å². The minimum atomic E-state index is -2.99. The fraction of sp³-hybridized carbons (Fsp3) is 0.538. The van der Waals surface area contributed by atoms with Crippen molar-refractivity contribution in [3.8, 4) is 0 Å². The summed E-state index contributed by atoms with van der Waals surface area (Å²) in [6.07, 6.45) is 2.41. The van der Waals surface area contributed by atoms with Gasteiger partial charge < -0.3 is 5.32 Å². The van der Waals surface area contributed by atoms with Crippen molar-refractivity contribution in [1.29, 1.82) is 0 Å². The van der Waals surface area contributed by atoms with Gasteiger partial charge in [-0.3, -0.25) is 0 Å². The van der Waals surface area contributed by atoms with E-state index in [0.29, 0.717) is 12.8 Å². The summed E-state index contributed by atoms with van der Waals surface area (Å²) in [4.78, 5) is 0. The van der Waals surface area contributed by atoms with Crippen LogP contribution in [0.5, 0.6) is 0 Å². The van der Waals surface area contributed by atoms with E-state index in [-0.39, 0.29) is 23.8 Å². The lowest BCUT2D eigenvalue weighted by atomic mass is 10.0. The molecule has 3 nitrogen and oxygen atoms in total. The highest BCUT2D eigenvalue weighted by Gasteiger charge is 2.15. The normalized spacial score (nSPS) is 13.5. The van der Waals surface area contributed by atoms with Gasteiger partial charge in [-0.15, -0.1) is 0 Å². The van der Waals surface area contributed by atoms with Crippen LogP contribution in [0.1, 0.15) is 18.4 Å². The summed E-state index contributed by atoms with van der Waals surface area (Å²) in [5.41, 5.74) is 0.0428. The summed E-state index contributed by atoms with van der Waals surface area (Å²) < 4.78 is 49.0. The molecule has 0 aliphatic rings. The molecule has 19 heavy (non-hydrogen) atoms. The van der Waals surface area contributed by atoms with Gasteiger partial charge in [0.05, 0.1) is 0 Å². The molecule has 6 heteroatoms. The highest BCUT2D eigenvalue weighted by Crippen LogP contribution is 2.16. The van der Waals surface area contributed by atoms with Gasteiger partial charge in [0.15, 0.2) is 0 Å². The lowest BCUT2D eigenvalue weighted by molar-refractivity contribution is 0.478. The molecule has 0 amide bonds. The first-order chi connectivity index (χ1) is 8.83. The molecule has 0 spiro atoms. The molecule has 0 aliphatic carbocycles. The minimum Gasteiger partial charge on any atom is -0.317 e. The molecule has 0 bridgehead atoms. The van der Waals surface area contributed by atoms with Gasteiger partial charge in [0, 0.05) is 23.6 Å². The van der Waals surface area contributed by atoms with Gasteiger partial charge in [0.1, 0.15) is 21.5 Å². The Morgan fingerprint density at radius 1 is 1.26 bits per heavy atom. The predicted octanol–water partition coefficient (Wildman–Crippen LogP) is 1.92. The molecule has 1 rings (SSSR count). The first-order valence-corrected chi connectivity index (χ1v) is 8.17. The fourth-order valence-corrected chi connectivity index (χ4v) is 2.61. The number of likely N-dealkylation sites (N-methyl/N-ethyl adjacent to an activating group) is 1. The van der Waals surface area contributed by atoms with Crippen molar-refractivity contribution in [2.75, 3.05) is 19.1 Å². The zero-order chi connectivity index (χ0) is 14.5. The molecule has 0 heterocycles. The Balaban J connectivity index is 2.62. The Morgan fingerprint density at radius 2 is 1.84 bits per heavy atom. The van der Waals surface area contributed by atoms with Crippen LogP contribution < -0.4 is 5.32 Å². The highest BCUT2D eigenvalue weighted by molar-refractivity contribution is 7.90. The maximum Gasteiger partial charge on any atom is 0.147 e. The summed E-state index contributed by atoms with van der Waals surface area (Å²) in [7, 11) is -1.29. The van der Waals surface area contributed by atoms with Crippen molar-refractivity contribution in [3.05, 3.63) is 35.4 Å². The standard InChI is InChI=1S/C13H19F2NO2S/c1-16-10(5-4-8-19(2,17)18)9-11-12(14)6-3-7-13(11)15/h3,6-7,10,16H,4-5,8-9H2,1-2H3. The number of hydrogen-bond donors (Lipinski definition) is 1. The van der Waals surface area contributed by atoms with Crippen molar-refractivity contribution in [2.24, 2.45) is 0 Å². The van der Waals surface area contributed by atoms with E-state index in [2.05, 4.69) is 5.32 Å². The second-order valence-electron chi connectivity index (χ2n) is 4.66. The molecule has 1 atom stereocenters. The van der Waals surface area contributed by atoms with Gasteiger partial charge in [0.25, 0.3) is 0 Å². The molecule has 0 radical (unpaired) electrons. The predicted molar refractivity (Wildman–Crippen MR) is 71.9 cm³/mol. The number of nitrogens with one attached hydrogen (secondary N) is 1. The minimum absolute atomic E-state index is 0.0428. The van der Waals surface area contributed by atoms with E-state index in [1.165, 1.54) is 24.5 Å². The van der Waals surface area contributed by atoms with E-state index < -0.39 is 21.5 Å². The molecule has 0 saturated heterocycles. The first-order valence-electron chi connectivity index (χ1n) is 6.11. The van der Waals surface area contributed by atoms with Gasteiger partial charge in [-0.25, -0.2) is 17.2 Å². The molecule has 1 aromatic rings. The third-order valence-corrected chi connectivity index (χ3v) is 4.02. The maximum absolute atomic E-state index is 13.5. The molecule has 1 N–H and O–H groups in total. The van der Waals surface area contributed by atoms with Crippen LogP contribution in [-0.4, -0.2) is 33.5 Å². The number of halogens is 2. The van der Waals surface area contributed by atoms with Crippen LogP contribution in [-0.2, 0) is 16.3 Å². The topological polar surface area (TPSA) is 46.2 Å². The van der Waals surface area contributed by atoms with Crippen molar-refractivity contribution in [2.45, 2.75) is 25.3 Å². The molecule has 0 saturated carbocycles. The molecule has 1 aromatic carbocycles. The van der Waals surface area contributed by atoms with Crippen molar-refractivity contribution < 1.29 is 17.2 Å². The van der Waals surface area contributed by atoms with E-state index in [9.17, 15) is 17.2 Å². The summed E-state index contributed by atoms with van der Waals surface area (Å²) in [5.74, 6) is -1.04. The third-order valence-electron chi connectivity index (χ3n) is 2.99. The van der Waals surface area contributed by atoms with Crippen LogP contribution in [0.3, 0.4) is 0 Å². The van der Waals surface area contributed by atoms with Gasteiger partial charge in [-0.05, 0) is 38.4 Å². The van der Waals surface area contributed by atoms with Gasteiger partial charge in [0.2, 0.25) is 0 Å². The lowest BCUT2D eigenvalue weighted by Gasteiger charge is -2.16. The Hall–Kier alpha value is -1.01. The Kier molecular flexibility index (Phi) is 5.87. The smallest absolute Gasteiger partial charge is 0.147 e. The van der Waals surface area contributed by atoms with Crippen LogP contribution in [0.25, 0.3) is 0 Å². The number of hydrogen-bond acceptors (Lipinski definition) is 3. The molecule has 108 valence electrons. The monoisotopic (exact) mass is 291 g/mol. The van der Waals surface area contributed by atoms with Crippen LogP contribution in [0.2, 0.25) is 0 Å². The number of benzene rings is 1. The average molecular weight is 291 g/mol.